The van der Waals surface area contributed by atoms with E-state index in [4.69, 9.17) is 32.4 Å². The lowest BCUT2D eigenvalue weighted by atomic mass is 10.1. The zero-order chi connectivity index (χ0) is 17.8. The molecule has 4 nitrogen and oxygen atoms in total. The van der Waals surface area contributed by atoms with E-state index in [-0.39, 0.29) is 11.5 Å². The van der Waals surface area contributed by atoms with Crippen molar-refractivity contribution in [1.29, 1.82) is 5.26 Å². The first-order chi connectivity index (χ1) is 12.1. The fourth-order valence-electron chi connectivity index (χ4n) is 2.33. The Hall–Kier alpha value is -2.48. The van der Waals surface area contributed by atoms with Crippen molar-refractivity contribution in [2.45, 2.75) is 13.3 Å². The van der Waals surface area contributed by atoms with Crippen LogP contribution < -0.4 is 4.74 Å². The molecule has 0 atom stereocenters. The van der Waals surface area contributed by atoms with Gasteiger partial charge in [-0.1, -0.05) is 42.3 Å². The lowest BCUT2D eigenvalue weighted by molar-refractivity contribution is 0.317. The van der Waals surface area contributed by atoms with Gasteiger partial charge in [-0.05, 0) is 36.8 Å². The predicted molar refractivity (Wildman–Crippen MR) is 99.7 cm³/mol. The molecule has 1 aromatic heterocycles. The number of oxazole rings is 1. The van der Waals surface area contributed by atoms with Gasteiger partial charge in [0.2, 0.25) is 5.89 Å². The molecule has 3 rings (SSSR count). The van der Waals surface area contributed by atoms with Crippen molar-refractivity contribution in [1.82, 2.24) is 4.98 Å². The van der Waals surface area contributed by atoms with Gasteiger partial charge in [0.25, 0.3) is 0 Å². The summed E-state index contributed by atoms with van der Waals surface area (Å²) in [5.41, 5.74) is 2.16. The number of aromatic nitrogens is 1. The van der Waals surface area contributed by atoms with E-state index in [0.29, 0.717) is 39.1 Å². The molecule has 25 heavy (non-hydrogen) atoms. The molecule has 126 valence electrons. The molecule has 0 bridgehead atoms. The predicted octanol–water partition coefficient (Wildman–Crippen LogP) is 5.99. The number of nitriles is 1. The van der Waals surface area contributed by atoms with Gasteiger partial charge < -0.3 is 9.15 Å². The zero-order valence-electron chi connectivity index (χ0n) is 13.4. The van der Waals surface area contributed by atoms with E-state index in [1.165, 1.54) is 0 Å². The van der Waals surface area contributed by atoms with E-state index in [0.717, 1.165) is 6.42 Å². The minimum Gasteiger partial charge on any atom is -0.491 e. The molecule has 0 aliphatic heterocycles. The Kier molecular flexibility index (Phi) is 5.28. The Labute approximate surface area is 155 Å². The van der Waals surface area contributed by atoms with Crippen LogP contribution in [0.15, 0.2) is 40.8 Å². The molecule has 1 heterocycles. The first kappa shape index (κ1) is 17.3. The zero-order valence-corrected chi connectivity index (χ0v) is 14.9. The molecule has 2 aromatic carbocycles. The third-order valence-corrected chi connectivity index (χ3v) is 3.93. The lowest BCUT2D eigenvalue weighted by Crippen LogP contribution is -1.98. The average Bonchev–Trinajstić information content (AvgIpc) is 3.02. The van der Waals surface area contributed by atoms with Crippen LogP contribution in [0.5, 0.6) is 5.75 Å². The van der Waals surface area contributed by atoms with Gasteiger partial charge in [0.1, 0.15) is 22.9 Å². The normalized spacial score (nSPS) is 11.5. The number of halogens is 2. The van der Waals surface area contributed by atoms with Crippen LogP contribution in [-0.4, -0.2) is 11.6 Å². The summed E-state index contributed by atoms with van der Waals surface area (Å²) in [5.74, 6) is 0.720. The number of hydrogen-bond acceptors (Lipinski definition) is 4. The van der Waals surface area contributed by atoms with E-state index in [1.54, 1.807) is 24.3 Å². The fourth-order valence-corrected chi connectivity index (χ4v) is 2.89. The molecule has 0 saturated carbocycles. The summed E-state index contributed by atoms with van der Waals surface area (Å²) in [7, 11) is 0. The second-order valence-electron chi connectivity index (χ2n) is 5.31. The van der Waals surface area contributed by atoms with Crippen LogP contribution in [-0.2, 0) is 0 Å². The molecule has 0 aliphatic carbocycles. The standard InChI is InChI=1S/C19H14Cl2N2O2/c1-2-7-24-18-12(9-14(20)10-15(18)21)8-13(11-22)19-23-16-5-3-4-6-17(16)25-19/h3-6,8-10H,2,7H2,1H3/b13-8+. The highest BCUT2D eigenvalue weighted by Crippen LogP contribution is 2.35. The van der Waals surface area contributed by atoms with Gasteiger partial charge in [-0.2, -0.15) is 5.26 Å². The summed E-state index contributed by atoms with van der Waals surface area (Å²) in [5, 5.41) is 10.4. The first-order valence-electron chi connectivity index (χ1n) is 7.72. The smallest absolute Gasteiger partial charge is 0.238 e. The Morgan fingerprint density at radius 2 is 2.12 bits per heavy atom. The lowest BCUT2D eigenvalue weighted by Gasteiger charge is -2.11. The largest absolute Gasteiger partial charge is 0.491 e. The molecule has 0 saturated heterocycles. The first-order valence-corrected chi connectivity index (χ1v) is 8.47. The molecule has 0 radical (unpaired) electrons. The van der Waals surface area contributed by atoms with E-state index in [2.05, 4.69) is 11.1 Å². The quantitative estimate of drug-likeness (QED) is 0.516. The summed E-state index contributed by atoms with van der Waals surface area (Å²) in [6, 6.07) is 12.7. The highest BCUT2D eigenvalue weighted by atomic mass is 35.5. The average molecular weight is 373 g/mol. The molecule has 0 aliphatic rings. The number of benzene rings is 2. The maximum Gasteiger partial charge on any atom is 0.238 e. The van der Waals surface area contributed by atoms with Crippen LogP contribution >= 0.6 is 23.2 Å². The number of para-hydroxylation sites is 2. The monoisotopic (exact) mass is 372 g/mol. The van der Waals surface area contributed by atoms with Gasteiger partial charge in [-0.3, -0.25) is 0 Å². The van der Waals surface area contributed by atoms with E-state index in [1.807, 2.05) is 25.1 Å². The fraction of sp³-hybridized carbons (Fsp3) is 0.158. The molecule has 6 heteroatoms. The minimum absolute atomic E-state index is 0.237. The van der Waals surface area contributed by atoms with Gasteiger partial charge in [0, 0.05) is 10.6 Å². The number of ether oxygens (including phenoxy) is 1. The van der Waals surface area contributed by atoms with E-state index < -0.39 is 0 Å². The van der Waals surface area contributed by atoms with Crippen molar-refractivity contribution in [3.8, 4) is 11.8 Å². The van der Waals surface area contributed by atoms with Crippen molar-refractivity contribution in [3.63, 3.8) is 0 Å². The summed E-state index contributed by atoms with van der Waals surface area (Å²) in [6.45, 7) is 2.51. The molecule has 0 N–H and O–H groups in total. The van der Waals surface area contributed by atoms with Crippen LogP contribution in [0.25, 0.3) is 22.7 Å². The van der Waals surface area contributed by atoms with E-state index >= 15 is 0 Å². The minimum atomic E-state index is 0.237. The Morgan fingerprint density at radius 3 is 2.84 bits per heavy atom. The maximum absolute atomic E-state index is 9.55. The number of nitrogens with zero attached hydrogens (tertiary/aromatic N) is 2. The number of hydrogen-bond donors (Lipinski definition) is 0. The highest BCUT2D eigenvalue weighted by molar-refractivity contribution is 6.36. The molecular formula is C19H14Cl2N2O2. The molecule has 0 unspecified atom stereocenters. The second-order valence-corrected chi connectivity index (χ2v) is 6.15. The van der Waals surface area contributed by atoms with Gasteiger partial charge >= 0.3 is 0 Å². The molecule has 3 aromatic rings. The molecule has 0 amide bonds. The maximum atomic E-state index is 9.55. The van der Waals surface area contributed by atoms with Gasteiger partial charge in [0.15, 0.2) is 5.58 Å². The third-order valence-electron chi connectivity index (χ3n) is 3.43. The van der Waals surface area contributed by atoms with Gasteiger partial charge in [-0.15, -0.1) is 0 Å². The summed E-state index contributed by atoms with van der Waals surface area (Å²) < 4.78 is 11.4. The Balaban J connectivity index is 2.09. The summed E-state index contributed by atoms with van der Waals surface area (Å²) in [4.78, 5) is 4.35. The van der Waals surface area contributed by atoms with Crippen LogP contribution in [0.4, 0.5) is 0 Å². The Bertz CT molecular complexity index is 954. The van der Waals surface area contributed by atoms with Crippen molar-refractivity contribution >= 4 is 46.0 Å². The van der Waals surface area contributed by atoms with Crippen LogP contribution in [0.1, 0.15) is 24.8 Å². The molecular weight excluding hydrogens is 359 g/mol. The summed E-state index contributed by atoms with van der Waals surface area (Å²) in [6.07, 6.45) is 2.45. The Morgan fingerprint density at radius 1 is 1.32 bits per heavy atom. The molecule has 0 spiro atoms. The van der Waals surface area contributed by atoms with Gasteiger partial charge in [0.05, 0.1) is 11.6 Å². The number of rotatable bonds is 5. The van der Waals surface area contributed by atoms with Gasteiger partial charge in [-0.25, -0.2) is 4.98 Å². The highest BCUT2D eigenvalue weighted by Gasteiger charge is 2.14. The summed E-state index contributed by atoms with van der Waals surface area (Å²) >= 11 is 12.3. The van der Waals surface area contributed by atoms with Crippen LogP contribution in [0.2, 0.25) is 10.0 Å². The SMILES string of the molecule is CCCOc1c(Cl)cc(Cl)cc1/C=C(\C#N)c1nc2ccccc2o1. The van der Waals surface area contributed by atoms with Crippen LogP contribution in [0.3, 0.4) is 0 Å². The van der Waals surface area contributed by atoms with Crippen LogP contribution in [0, 0.1) is 11.3 Å². The number of fused-ring (bicyclic) bond motifs is 1. The van der Waals surface area contributed by atoms with Crippen molar-refractivity contribution in [2.24, 2.45) is 0 Å². The van der Waals surface area contributed by atoms with Crippen molar-refractivity contribution in [3.05, 3.63) is 57.9 Å². The molecule has 0 fully saturated rings. The second kappa shape index (κ2) is 7.60. The van der Waals surface area contributed by atoms with E-state index in [9.17, 15) is 5.26 Å². The topological polar surface area (TPSA) is 59.0 Å². The van der Waals surface area contributed by atoms with Crippen molar-refractivity contribution < 1.29 is 9.15 Å². The third kappa shape index (κ3) is 3.79. The van der Waals surface area contributed by atoms with Crippen molar-refractivity contribution in [2.75, 3.05) is 6.61 Å². The number of allylic oxidation sites excluding steroid dienone is 1.